The highest BCUT2D eigenvalue weighted by Gasteiger charge is 2.36. The van der Waals surface area contributed by atoms with Crippen molar-refractivity contribution < 1.29 is 13.2 Å². The topological polar surface area (TPSA) is 78.5 Å². The highest BCUT2D eigenvalue weighted by Crippen LogP contribution is 2.30. The molecular weight excluding hydrogens is 410 g/mol. The van der Waals surface area contributed by atoms with Gasteiger partial charge in [-0.1, -0.05) is 49.8 Å². The molecule has 162 valence electrons. The molecule has 2 N–H and O–H groups in total. The van der Waals surface area contributed by atoms with Gasteiger partial charge in [0.1, 0.15) is 0 Å². The van der Waals surface area contributed by atoms with E-state index in [0.717, 1.165) is 38.5 Å². The Morgan fingerprint density at radius 2 is 1.79 bits per heavy atom. The van der Waals surface area contributed by atoms with E-state index >= 15 is 0 Å². The fourth-order valence-corrected chi connectivity index (χ4v) is 6.54. The Morgan fingerprint density at radius 3 is 2.52 bits per heavy atom. The lowest BCUT2D eigenvalue weighted by Gasteiger charge is -2.26. The molecule has 8 heteroatoms. The summed E-state index contributed by atoms with van der Waals surface area (Å²) in [6.07, 6.45) is 9.62. The van der Waals surface area contributed by atoms with Gasteiger partial charge in [-0.05, 0) is 50.3 Å². The van der Waals surface area contributed by atoms with Gasteiger partial charge in [-0.25, -0.2) is 13.2 Å². The Morgan fingerprint density at radius 1 is 1.10 bits per heavy atom. The zero-order valence-electron chi connectivity index (χ0n) is 17.1. The smallest absolute Gasteiger partial charge is 0.315 e. The number of urea groups is 1. The van der Waals surface area contributed by atoms with Gasteiger partial charge in [0.25, 0.3) is 0 Å². The van der Waals surface area contributed by atoms with Gasteiger partial charge >= 0.3 is 6.03 Å². The molecule has 1 atom stereocenters. The number of nitrogens with one attached hydrogen (secondary N) is 2. The lowest BCUT2D eigenvalue weighted by Crippen LogP contribution is -2.48. The number of hydrogen-bond donors (Lipinski definition) is 2. The summed E-state index contributed by atoms with van der Waals surface area (Å²) in [5.41, 5.74) is 0.565. The van der Waals surface area contributed by atoms with Crippen LogP contribution in [0.3, 0.4) is 0 Å². The standard InChI is InChI=1S/C21H32ClN3O3S/c1-16-19(22)12-7-13-20(16)29(27,28)25-14-8-11-18(25)15-23-21(26)24-17-9-5-3-2-4-6-10-17/h7,12-13,17-18H,2-6,8-11,14-15H2,1H3,(H2,23,24,26). The van der Waals surface area contributed by atoms with Gasteiger partial charge in [0.15, 0.2) is 0 Å². The van der Waals surface area contributed by atoms with Crippen LogP contribution in [0.1, 0.15) is 63.4 Å². The monoisotopic (exact) mass is 441 g/mol. The normalized spacial score (nSPS) is 22.1. The molecule has 1 heterocycles. The van der Waals surface area contributed by atoms with Crippen LogP contribution < -0.4 is 10.6 Å². The molecule has 6 nitrogen and oxygen atoms in total. The Kier molecular flexibility index (Phi) is 7.82. The minimum atomic E-state index is -3.65. The van der Waals surface area contributed by atoms with E-state index in [0.29, 0.717) is 23.7 Å². The van der Waals surface area contributed by atoms with Crippen molar-refractivity contribution in [2.24, 2.45) is 0 Å². The van der Waals surface area contributed by atoms with Crippen molar-refractivity contribution in [3.63, 3.8) is 0 Å². The SMILES string of the molecule is Cc1c(Cl)cccc1S(=O)(=O)N1CCCC1CNC(=O)NC1CCCCCCC1. The molecule has 1 aromatic carbocycles. The fourth-order valence-electron chi connectivity index (χ4n) is 4.37. The number of amides is 2. The lowest BCUT2D eigenvalue weighted by molar-refractivity contribution is 0.231. The molecule has 2 amide bonds. The van der Waals surface area contributed by atoms with E-state index in [9.17, 15) is 13.2 Å². The van der Waals surface area contributed by atoms with Crippen molar-refractivity contribution in [3.05, 3.63) is 28.8 Å². The van der Waals surface area contributed by atoms with Gasteiger partial charge in [-0.2, -0.15) is 4.31 Å². The summed E-state index contributed by atoms with van der Waals surface area (Å²) in [5, 5.41) is 6.43. The van der Waals surface area contributed by atoms with Crippen LogP contribution in [0.25, 0.3) is 0 Å². The summed E-state index contributed by atoms with van der Waals surface area (Å²) in [5.74, 6) is 0. The molecule has 1 saturated carbocycles. The summed E-state index contributed by atoms with van der Waals surface area (Å²) in [6, 6.07) is 4.74. The number of carbonyl (C=O) groups excluding carboxylic acids is 1. The zero-order chi connectivity index (χ0) is 20.9. The predicted molar refractivity (Wildman–Crippen MR) is 116 cm³/mol. The summed E-state index contributed by atoms with van der Waals surface area (Å²) in [4.78, 5) is 12.6. The van der Waals surface area contributed by atoms with E-state index in [-0.39, 0.29) is 23.0 Å². The van der Waals surface area contributed by atoms with Crippen molar-refractivity contribution in [2.45, 2.75) is 81.7 Å². The maximum Gasteiger partial charge on any atom is 0.315 e. The van der Waals surface area contributed by atoms with E-state index in [4.69, 9.17) is 11.6 Å². The summed E-state index contributed by atoms with van der Waals surface area (Å²) >= 11 is 6.13. The number of hydrogen-bond acceptors (Lipinski definition) is 3. The van der Waals surface area contributed by atoms with E-state index in [1.54, 1.807) is 25.1 Å². The first-order valence-corrected chi connectivity index (χ1v) is 12.5. The van der Waals surface area contributed by atoms with Crippen LogP contribution in [0.15, 0.2) is 23.1 Å². The Balaban J connectivity index is 1.59. The molecule has 0 spiro atoms. The van der Waals surface area contributed by atoms with Crippen LogP contribution in [-0.2, 0) is 10.0 Å². The highest BCUT2D eigenvalue weighted by atomic mass is 35.5. The maximum absolute atomic E-state index is 13.2. The fraction of sp³-hybridized carbons (Fsp3) is 0.667. The van der Waals surface area contributed by atoms with E-state index < -0.39 is 10.0 Å². The molecular formula is C21H32ClN3O3S. The second-order valence-corrected chi connectivity index (χ2v) is 10.4. The van der Waals surface area contributed by atoms with Gasteiger partial charge in [0.2, 0.25) is 10.0 Å². The first-order valence-electron chi connectivity index (χ1n) is 10.7. The Bertz CT molecular complexity index is 807. The van der Waals surface area contributed by atoms with Crippen LogP contribution in [0, 0.1) is 6.92 Å². The van der Waals surface area contributed by atoms with Gasteiger partial charge in [-0.3, -0.25) is 0 Å². The summed E-state index contributed by atoms with van der Waals surface area (Å²) in [6.45, 7) is 2.50. The van der Waals surface area contributed by atoms with E-state index in [2.05, 4.69) is 10.6 Å². The van der Waals surface area contributed by atoms with Crippen molar-refractivity contribution in [1.82, 2.24) is 14.9 Å². The van der Waals surface area contributed by atoms with Crippen LogP contribution in [0.2, 0.25) is 5.02 Å². The second kappa shape index (κ2) is 10.1. The molecule has 1 saturated heterocycles. The average Bonchev–Trinajstić information content (AvgIpc) is 3.14. The predicted octanol–water partition coefficient (Wildman–Crippen LogP) is 4.21. The first kappa shape index (κ1) is 22.4. The maximum atomic E-state index is 13.2. The second-order valence-electron chi connectivity index (χ2n) is 8.17. The van der Waals surface area contributed by atoms with Gasteiger partial charge in [0, 0.05) is 30.2 Å². The number of benzene rings is 1. The molecule has 1 aliphatic carbocycles. The quantitative estimate of drug-likeness (QED) is 0.718. The Hall–Kier alpha value is -1.31. The molecule has 1 unspecified atom stereocenters. The number of halogens is 1. The molecule has 1 aromatic rings. The van der Waals surface area contributed by atoms with Gasteiger partial charge in [-0.15, -0.1) is 0 Å². The lowest BCUT2D eigenvalue weighted by atomic mass is 9.97. The average molecular weight is 442 g/mol. The largest absolute Gasteiger partial charge is 0.337 e. The number of rotatable bonds is 5. The zero-order valence-corrected chi connectivity index (χ0v) is 18.7. The summed E-state index contributed by atoms with van der Waals surface area (Å²) < 4.78 is 27.9. The number of nitrogens with zero attached hydrogens (tertiary/aromatic N) is 1. The minimum absolute atomic E-state index is 0.196. The molecule has 1 aliphatic heterocycles. The van der Waals surface area contributed by atoms with Crippen molar-refractivity contribution in [2.75, 3.05) is 13.1 Å². The molecule has 3 rings (SSSR count). The van der Waals surface area contributed by atoms with Crippen molar-refractivity contribution >= 4 is 27.7 Å². The van der Waals surface area contributed by atoms with E-state index in [1.807, 2.05) is 0 Å². The molecule has 2 fully saturated rings. The van der Waals surface area contributed by atoms with Crippen LogP contribution in [0.5, 0.6) is 0 Å². The molecule has 0 radical (unpaired) electrons. The van der Waals surface area contributed by atoms with Crippen LogP contribution in [-0.4, -0.2) is 43.9 Å². The van der Waals surface area contributed by atoms with Gasteiger partial charge in [0.05, 0.1) is 4.90 Å². The molecule has 2 aliphatic rings. The van der Waals surface area contributed by atoms with Gasteiger partial charge < -0.3 is 10.6 Å². The van der Waals surface area contributed by atoms with Crippen LogP contribution in [0.4, 0.5) is 4.79 Å². The molecule has 0 aromatic heterocycles. The third-order valence-electron chi connectivity index (χ3n) is 6.07. The van der Waals surface area contributed by atoms with E-state index in [1.165, 1.54) is 23.6 Å². The first-order chi connectivity index (χ1) is 13.9. The highest BCUT2D eigenvalue weighted by molar-refractivity contribution is 7.89. The van der Waals surface area contributed by atoms with Crippen molar-refractivity contribution in [1.29, 1.82) is 0 Å². The number of carbonyl (C=O) groups is 1. The summed E-state index contributed by atoms with van der Waals surface area (Å²) in [7, 11) is -3.65. The molecule has 29 heavy (non-hydrogen) atoms. The Labute approximate surface area is 179 Å². The third kappa shape index (κ3) is 5.64. The third-order valence-corrected chi connectivity index (χ3v) is 8.57. The molecule has 0 bridgehead atoms. The number of sulfonamides is 1. The van der Waals surface area contributed by atoms with Crippen molar-refractivity contribution in [3.8, 4) is 0 Å². The van der Waals surface area contributed by atoms with Crippen LogP contribution >= 0.6 is 11.6 Å². The minimum Gasteiger partial charge on any atom is -0.337 e.